The molecule has 0 aliphatic rings. The Morgan fingerprint density at radius 2 is 1.71 bits per heavy atom. The lowest BCUT2D eigenvalue weighted by Crippen LogP contribution is -2.35. The molecule has 3 rings (SSSR count). The van der Waals surface area contributed by atoms with E-state index in [4.69, 9.17) is 0 Å². The van der Waals surface area contributed by atoms with E-state index in [1.165, 1.54) is 11.3 Å². The van der Waals surface area contributed by atoms with Crippen molar-refractivity contribution >= 4 is 28.8 Å². The van der Waals surface area contributed by atoms with E-state index in [0.29, 0.717) is 5.69 Å². The summed E-state index contributed by atoms with van der Waals surface area (Å²) in [6.45, 7) is 4.07. The molecular weight excluding hydrogens is 372 g/mol. The summed E-state index contributed by atoms with van der Waals surface area (Å²) in [5.74, 6) is -1.39. The fraction of sp³-hybridized carbons (Fsp3) is 0.182. The van der Waals surface area contributed by atoms with Crippen molar-refractivity contribution in [1.82, 2.24) is 5.32 Å². The first kappa shape index (κ1) is 19.8. The molecule has 5 nitrogen and oxygen atoms in total. The van der Waals surface area contributed by atoms with Gasteiger partial charge in [0.25, 0.3) is 0 Å². The van der Waals surface area contributed by atoms with Gasteiger partial charge in [-0.25, -0.2) is 0 Å². The van der Waals surface area contributed by atoms with Crippen molar-refractivity contribution in [2.24, 2.45) is 0 Å². The van der Waals surface area contributed by atoms with Crippen LogP contribution in [0.3, 0.4) is 0 Å². The number of aliphatic hydroxyl groups is 1. The summed E-state index contributed by atoms with van der Waals surface area (Å²) in [5.41, 5.74) is 3.42. The Labute approximate surface area is 168 Å². The van der Waals surface area contributed by atoms with E-state index in [1.54, 1.807) is 6.07 Å². The van der Waals surface area contributed by atoms with Gasteiger partial charge in [0.05, 0.1) is 6.54 Å². The number of anilines is 1. The fourth-order valence-corrected chi connectivity index (χ4v) is 3.72. The second-order valence-electron chi connectivity index (χ2n) is 6.50. The number of amides is 2. The highest BCUT2D eigenvalue weighted by atomic mass is 32.1. The van der Waals surface area contributed by atoms with Crippen molar-refractivity contribution in [3.05, 3.63) is 87.1 Å². The number of aliphatic hydroxyl groups excluding tert-OH is 1. The number of thiophene rings is 1. The van der Waals surface area contributed by atoms with E-state index in [9.17, 15) is 14.7 Å². The van der Waals surface area contributed by atoms with Crippen LogP contribution < -0.4 is 10.6 Å². The SMILES string of the molecule is Cc1cccc(NC(=O)C(=O)NCc2ccc([C@H](O)c3ccccc3)s2)c1C. The maximum absolute atomic E-state index is 12.1. The first-order valence-corrected chi connectivity index (χ1v) is 9.74. The Morgan fingerprint density at radius 3 is 2.46 bits per heavy atom. The van der Waals surface area contributed by atoms with Gasteiger partial charge in [0.1, 0.15) is 6.10 Å². The summed E-state index contributed by atoms with van der Waals surface area (Å²) in [6, 6.07) is 18.6. The Hall–Kier alpha value is -2.96. The molecule has 0 unspecified atom stereocenters. The number of hydrogen-bond acceptors (Lipinski definition) is 4. The van der Waals surface area contributed by atoms with Crippen LogP contribution in [0, 0.1) is 13.8 Å². The molecule has 0 bridgehead atoms. The zero-order valence-electron chi connectivity index (χ0n) is 15.7. The summed E-state index contributed by atoms with van der Waals surface area (Å²) >= 11 is 1.40. The normalized spacial score (nSPS) is 11.7. The number of carbonyl (C=O) groups is 2. The lowest BCUT2D eigenvalue weighted by molar-refractivity contribution is -0.136. The van der Waals surface area contributed by atoms with E-state index in [0.717, 1.165) is 26.4 Å². The van der Waals surface area contributed by atoms with Crippen molar-refractivity contribution in [2.75, 3.05) is 5.32 Å². The van der Waals surface area contributed by atoms with Gasteiger partial charge in [-0.05, 0) is 48.7 Å². The Kier molecular flexibility index (Phi) is 6.23. The van der Waals surface area contributed by atoms with Crippen molar-refractivity contribution in [1.29, 1.82) is 0 Å². The van der Waals surface area contributed by atoms with Crippen molar-refractivity contribution in [2.45, 2.75) is 26.5 Å². The monoisotopic (exact) mass is 394 g/mol. The van der Waals surface area contributed by atoms with E-state index in [2.05, 4.69) is 10.6 Å². The number of carbonyl (C=O) groups excluding carboxylic acids is 2. The first-order chi connectivity index (χ1) is 13.5. The van der Waals surface area contributed by atoms with Gasteiger partial charge >= 0.3 is 11.8 Å². The quantitative estimate of drug-likeness (QED) is 0.578. The minimum absolute atomic E-state index is 0.227. The molecule has 0 fully saturated rings. The van der Waals surface area contributed by atoms with E-state index < -0.39 is 17.9 Å². The zero-order chi connectivity index (χ0) is 20.1. The maximum atomic E-state index is 12.1. The van der Waals surface area contributed by atoms with Crippen molar-refractivity contribution < 1.29 is 14.7 Å². The highest BCUT2D eigenvalue weighted by Gasteiger charge is 2.16. The van der Waals surface area contributed by atoms with Crippen LogP contribution in [0.5, 0.6) is 0 Å². The largest absolute Gasteiger partial charge is 0.383 e. The lowest BCUT2D eigenvalue weighted by Gasteiger charge is -2.10. The molecule has 0 radical (unpaired) electrons. The minimum atomic E-state index is -0.705. The van der Waals surface area contributed by atoms with Crippen LogP contribution in [-0.2, 0) is 16.1 Å². The van der Waals surface area contributed by atoms with Gasteiger partial charge in [0.15, 0.2) is 0 Å². The van der Waals surface area contributed by atoms with Crippen LogP contribution >= 0.6 is 11.3 Å². The summed E-state index contributed by atoms with van der Waals surface area (Å²) in [7, 11) is 0. The van der Waals surface area contributed by atoms with E-state index in [-0.39, 0.29) is 6.54 Å². The summed E-state index contributed by atoms with van der Waals surface area (Å²) in [6.07, 6.45) is -0.705. The first-order valence-electron chi connectivity index (χ1n) is 8.92. The third-order valence-electron chi connectivity index (χ3n) is 4.55. The summed E-state index contributed by atoms with van der Waals surface area (Å²) in [5, 5.41) is 15.7. The lowest BCUT2D eigenvalue weighted by atomic mass is 10.1. The summed E-state index contributed by atoms with van der Waals surface area (Å²) < 4.78 is 0. The summed E-state index contributed by atoms with van der Waals surface area (Å²) in [4.78, 5) is 25.9. The smallest absolute Gasteiger partial charge is 0.313 e. The molecule has 1 aromatic heterocycles. The van der Waals surface area contributed by atoms with Crippen LogP contribution in [0.1, 0.15) is 32.5 Å². The molecule has 3 aromatic rings. The van der Waals surface area contributed by atoms with Crippen LogP contribution in [0.15, 0.2) is 60.7 Å². The fourth-order valence-electron chi connectivity index (χ4n) is 2.75. The highest BCUT2D eigenvalue weighted by Crippen LogP contribution is 2.28. The van der Waals surface area contributed by atoms with E-state index >= 15 is 0 Å². The molecular formula is C22H22N2O3S. The molecule has 6 heteroatoms. The zero-order valence-corrected chi connectivity index (χ0v) is 16.5. The molecule has 2 amide bonds. The van der Waals surface area contributed by atoms with Gasteiger partial charge in [0, 0.05) is 15.4 Å². The molecule has 0 spiro atoms. The van der Waals surface area contributed by atoms with Crippen LogP contribution in [0.25, 0.3) is 0 Å². The number of aryl methyl sites for hydroxylation is 1. The number of rotatable bonds is 5. The van der Waals surface area contributed by atoms with Crippen LogP contribution in [0.2, 0.25) is 0 Å². The van der Waals surface area contributed by atoms with Crippen LogP contribution in [-0.4, -0.2) is 16.9 Å². The molecule has 144 valence electrons. The molecule has 0 saturated carbocycles. The second-order valence-corrected chi connectivity index (χ2v) is 7.70. The van der Waals surface area contributed by atoms with E-state index in [1.807, 2.05) is 68.4 Å². The van der Waals surface area contributed by atoms with Gasteiger partial charge < -0.3 is 15.7 Å². The molecule has 28 heavy (non-hydrogen) atoms. The topological polar surface area (TPSA) is 78.4 Å². The molecule has 1 atom stereocenters. The standard InChI is InChI=1S/C22H22N2O3S/c1-14-7-6-10-18(15(14)2)24-22(27)21(26)23-13-17-11-12-19(28-17)20(25)16-8-4-3-5-9-16/h3-12,20,25H,13H2,1-2H3,(H,23,26)(H,24,27)/t20-/m1/s1. The third kappa shape index (κ3) is 4.65. The van der Waals surface area contributed by atoms with Gasteiger partial charge in [-0.2, -0.15) is 0 Å². The maximum Gasteiger partial charge on any atom is 0.313 e. The third-order valence-corrected chi connectivity index (χ3v) is 5.69. The minimum Gasteiger partial charge on any atom is -0.383 e. The van der Waals surface area contributed by atoms with Gasteiger partial charge in [0.2, 0.25) is 0 Å². The Morgan fingerprint density at radius 1 is 0.964 bits per heavy atom. The Balaban J connectivity index is 1.57. The van der Waals surface area contributed by atoms with Gasteiger partial charge in [-0.3, -0.25) is 9.59 Å². The predicted molar refractivity (Wildman–Crippen MR) is 111 cm³/mol. The molecule has 3 N–H and O–H groups in total. The molecule has 2 aromatic carbocycles. The van der Waals surface area contributed by atoms with Gasteiger partial charge in [-0.15, -0.1) is 11.3 Å². The molecule has 0 aliphatic carbocycles. The van der Waals surface area contributed by atoms with Gasteiger partial charge in [-0.1, -0.05) is 42.5 Å². The molecule has 0 aliphatic heterocycles. The number of benzene rings is 2. The number of hydrogen-bond donors (Lipinski definition) is 3. The average molecular weight is 394 g/mol. The van der Waals surface area contributed by atoms with Crippen LogP contribution in [0.4, 0.5) is 5.69 Å². The Bertz CT molecular complexity index is 982. The number of nitrogens with one attached hydrogen (secondary N) is 2. The average Bonchev–Trinajstić information content (AvgIpc) is 3.18. The predicted octanol–water partition coefficient (Wildman–Crippen LogP) is 3.70. The van der Waals surface area contributed by atoms with Crippen molar-refractivity contribution in [3.63, 3.8) is 0 Å². The highest BCUT2D eigenvalue weighted by molar-refractivity contribution is 7.12. The molecule has 1 heterocycles. The molecule has 0 saturated heterocycles. The second kappa shape index (κ2) is 8.82. The van der Waals surface area contributed by atoms with Crippen molar-refractivity contribution in [3.8, 4) is 0 Å².